The third kappa shape index (κ3) is 3.44. The fraction of sp³-hybridized carbons (Fsp3) is 0.500. The van der Waals surface area contributed by atoms with Crippen LogP contribution in [0.5, 0.6) is 5.75 Å². The number of hydrogen-bond donors (Lipinski definition) is 0. The predicted molar refractivity (Wildman–Crippen MR) is 68.5 cm³/mol. The number of benzene rings is 1. The molecule has 0 aromatic heterocycles. The molecule has 0 N–H and O–H groups in total. The van der Waals surface area contributed by atoms with E-state index in [0.29, 0.717) is 32.7 Å². The number of carbonyl (C=O) groups is 1. The zero-order valence-electron chi connectivity index (χ0n) is 11.0. The van der Waals surface area contributed by atoms with E-state index in [2.05, 4.69) is 0 Å². The maximum Gasteiger partial charge on any atom is 0.263 e. The van der Waals surface area contributed by atoms with Crippen molar-refractivity contribution in [1.82, 2.24) is 4.90 Å². The van der Waals surface area contributed by atoms with Gasteiger partial charge in [-0.15, -0.1) is 0 Å². The molecule has 1 aromatic rings. The van der Waals surface area contributed by atoms with E-state index in [1.165, 1.54) is 12.1 Å². The summed E-state index contributed by atoms with van der Waals surface area (Å²) < 4.78 is 24.2. The number of morpholine rings is 1. The Bertz CT molecular complexity index is 432. The molecule has 0 unspecified atom stereocenters. The number of amides is 1. The summed E-state index contributed by atoms with van der Waals surface area (Å²) in [5.74, 6) is -0.430. The van der Waals surface area contributed by atoms with Crippen LogP contribution in [0.15, 0.2) is 24.3 Å². The number of nitrogens with zero attached hydrogens (tertiary/aromatic N) is 1. The fourth-order valence-electron chi connectivity index (χ4n) is 1.99. The van der Waals surface area contributed by atoms with Crippen LogP contribution in [0.3, 0.4) is 0 Å². The molecule has 4 nitrogen and oxygen atoms in total. The molecular weight excluding hydrogens is 249 g/mol. The van der Waals surface area contributed by atoms with E-state index in [0.717, 1.165) is 0 Å². The van der Waals surface area contributed by atoms with Crippen LogP contribution in [0.2, 0.25) is 0 Å². The van der Waals surface area contributed by atoms with E-state index in [9.17, 15) is 9.18 Å². The van der Waals surface area contributed by atoms with Gasteiger partial charge in [-0.25, -0.2) is 4.39 Å². The predicted octanol–water partition coefficient (Wildman–Crippen LogP) is 1.84. The second-order valence-electron chi connectivity index (χ2n) is 4.38. The lowest BCUT2D eigenvalue weighted by Crippen LogP contribution is -2.47. The molecule has 19 heavy (non-hydrogen) atoms. The first-order valence-electron chi connectivity index (χ1n) is 6.50. The monoisotopic (exact) mass is 267 g/mol. The number of halogens is 1. The van der Waals surface area contributed by atoms with Crippen molar-refractivity contribution >= 4 is 5.91 Å². The molecular formula is C14H18FNO3. The van der Waals surface area contributed by atoms with E-state index in [-0.39, 0.29) is 11.7 Å². The van der Waals surface area contributed by atoms with Crippen LogP contribution in [0.25, 0.3) is 0 Å². The highest BCUT2D eigenvalue weighted by atomic mass is 19.1. The lowest BCUT2D eigenvalue weighted by molar-refractivity contribution is -0.143. The minimum atomic E-state index is -0.644. The van der Waals surface area contributed by atoms with Gasteiger partial charge in [0.1, 0.15) is 0 Å². The van der Waals surface area contributed by atoms with Gasteiger partial charge in [-0.05, 0) is 18.6 Å². The van der Waals surface area contributed by atoms with Gasteiger partial charge >= 0.3 is 0 Å². The highest BCUT2D eigenvalue weighted by molar-refractivity contribution is 5.81. The number of hydrogen-bond acceptors (Lipinski definition) is 3. The molecule has 0 bridgehead atoms. The molecule has 1 saturated heterocycles. The highest BCUT2D eigenvalue weighted by Crippen LogP contribution is 2.19. The Balaban J connectivity index is 2.03. The summed E-state index contributed by atoms with van der Waals surface area (Å²) in [6, 6.07) is 6.13. The maximum absolute atomic E-state index is 13.5. The van der Waals surface area contributed by atoms with Gasteiger partial charge in [0.25, 0.3) is 5.91 Å². The summed E-state index contributed by atoms with van der Waals surface area (Å²) >= 11 is 0. The molecule has 2 rings (SSSR count). The first-order valence-corrected chi connectivity index (χ1v) is 6.50. The number of para-hydroxylation sites is 1. The van der Waals surface area contributed by atoms with Gasteiger partial charge in [0.05, 0.1) is 13.2 Å². The maximum atomic E-state index is 13.5. The number of ether oxygens (including phenoxy) is 2. The van der Waals surface area contributed by atoms with E-state index in [1.807, 2.05) is 6.92 Å². The molecule has 0 radical (unpaired) electrons. The highest BCUT2D eigenvalue weighted by Gasteiger charge is 2.26. The summed E-state index contributed by atoms with van der Waals surface area (Å²) in [7, 11) is 0. The minimum Gasteiger partial charge on any atom is -0.478 e. The van der Waals surface area contributed by atoms with E-state index in [4.69, 9.17) is 9.47 Å². The summed E-state index contributed by atoms with van der Waals surface area (Å²) in [4.78, 5) is 14.0. The van der Waals surface area contributed by atoms with Gasteiger partial charge in [-0.2, -0.15) is 0 Å². The standard InChI is InChI=1S/C14H18FNO3/c1-2-12(14(17)16-7-9-18-10-8-16)19-13-6-4-3-5-11(13)15/h3-6,12H,2,7-10H2,1H3/t12-/m0/s1. The van der Waals surface area contributed by atoms with Crippen LogP contribution in [-0.2, 0) is 9.53 Å². The van der Waals surface area contributed by atoms with Gasteiger partial charge in [0.2, 0.25) is 0 Å². The fourth-order valence-corrected chi connectivity index (χ4v) is 1.99. The first kappa shape index (κ1) is 13.8. The number of rotatable bonds is 4. The van der Waals surface area contributed by atoms with Crippen LogP contribution >= 0.6 is 0 Å². The molecule has 1 heterocycles. The van der Waals surface area contributed by atoms with Crippen LogP contribution in [0.4, 0.5) is 4.39 Å². The van der Waals surface area contributed by atoms with E-state index < -0.39 is 11.9 Å². The average Bonchev–Trinajstić information content (AvgIpc) is 2.47. The molecule has 0 saturated carbocycles. The average molecular weight is 267 g/mol. The normalized spacial score (nSPS) is 17.1. The lowest BCUT2D eigenvalue weighted by Gasteiger charge is -2.30. The number of carbonyl (C=O) groups excluding carboxylic acids is 1. The third-order valence-electron chi connectivity index (χ3n) is 3.07. The van der Waals surface area contributed by atoms with Crippen LogP contribution in [-0.4, -0.2) is 43.2 Å². The molecule has 1 aromatic carbocycles. The van der Waals surface area contributed by atoms with Gasteiger partial charge in [-0.1, -0.05) is 19.1 Å². The summed E-state index contributed by atoms with van der Waals surface area (Å²) in [5, 5.41) is 0. The Hall–Kier alpha value is -1.62. The van der Waals surface area contributed by atoms with Crippen LogP contribution in [0, 0.1) is 5.82 Å². The van der Waals surface area contributed by atoms with Crippen molar-refractivity contribution in [2.45, 2.75) is 19.4 Å². The molecule has 1 aliphatic rings. The summed E-state index contributed by atoms with van der Waals surface area (Å²) in [6.07, 6.45) is -0.139. The molecule has 0 spiro atoms. The van der Waals surface area contributed by atoms with Crippen molar-refractivity contribution in [2.24, 2.45) is 0 Å². The van der Waals surface area contributed by atoms with Gasteiger partial charge in [-0.3, -0.25) is 4.79 Å². The minimum absolute atomic E-state index is 0.103. The smallest absolute Gasteiger partial charge is 0.263 e. The quantitative estimate of drug-likeness (QED) is 0.835. The lowest BCUT2D eigenvalue weighted by atomic mass is 10.2. The molecule has 1 amide bonds. The van der Waals surface area contributed by atoms with Crippen molar-refractivity contribution in [3.8, 4) is 5.75 Å². The first-order chi connectivity index (χ1) is 9.22. The zero-order chi connectivity index (χ0) is 13.7. The zero-order valence-corrected chi connectivity index (χ0v) is 11.0. The Labute approximate surface area is 112 Å². The van der Waals surface area contributed by atoms with Crippen molar-refractivity contribution in [2.75, 3.05) is 26.3 Å². The van der Waals surface area contributed by atoms with Crippen LogP contribution < -0.4 is 4.74 Å². The Morgan fingerprint density at radius 3 is 2.74 bits per heavy atom. The summed E-state index contributed by atoms with van der Waals surface area (Å²) in [6.45, 7) is 4.07. The van der Waals surface area contributed by atoms with Crippen molar-refractivity contribution < 1.29 is 18.7 Å². The second kappa shape index (κ2) is 6.52. The van der Waals surface area contributed by atoms with Gasteiger partial charge < -0.3 is 14.4 Å². The molecule has 1 atom stereocenters. The SMILES string of the molecule is CC[C@H](Oc1ccccc1F)C(=O)N1CCOCC1. The molecule has 0 aliphatic carbocycles. The second-order valence-corrected chi connectivity index (χ2v) is 4.38. The molecule has 1 aliphatic heterocycles. The van der Waals surface area contributed by atoms with Gasteiger partial charge in [0.15, 0.2) is 17.7 Å². The van der Waals surface area contributed by atoms with Crippen molar-refractivity contribution in [1.29, 1.82) is 0 Å². The molecule has 1 fully saturated rings. The van der Waals surface area contributed by atoms with Crippen molar-refractivity contribution in [3.63, 3.8) is 0 Å². The van der Waals surface area contributed by atoms with E-state index >= 15 is 0 Å². The Morgan fingerprint density at radius 2 is 2.11 bits per heavy atom. The molecule has 104 valence electrons. The summed E-state index contributed by atoms with van der Waals surface area (Å²) in [5.41, 5.74) is 0. The van der Waals surface area contributed by atoms with Crippen molar-refractivity contribution in [3.05, 3.63) is 30.1 Å². The van der Waals surface area contributed by atoms with Gasteiger partial charge in [0, 0.05) is 13.1 Å². The van der Waals surface area contributed by atoms with E-state index in [1.54, 1.807) is 17.0 Å². The Kier molecular flexibility index (Phi) is 4.74. The van der Waals surface area contributed by atoms with Crippen LogP contribution in [0.1, 0.15) is 13.3 Å². The topological polar surface area (TPSA) is 38.8 Å². The third-order valence-corrected chi connectivity index (χ3v) is 3.07. The Morgan fingerprint density at radius 1 is 1.42 bits per heavy atom. The molecule has 5 heteroatoms. The largest absolute Gasteiger partial charge is 0.478 e.